The van der Waals surface area contributed by atoms with E-state index in [1.54, 1.807) is 0 Å². The summed E-state index contributed by atoms with van der Waals surface area (Å²) in [5.41, 5.74) is 2.30. The molecule has 0 aliphatic heterocycles. The summed E-state index contributed by atoms with van der Waals surface area (Å²) in [6.07, 6.45) is 3.83. The lowest BCUT2D eigenvalue weighted by molar-refractivity contribution is -2.00. The molecule has 7 heteroatoms. The molecule has 5 nitrogen and oxygen atoms in total. The molecule has 1 aromatic rings. The molecule has 0 saturated carbocycles. The lowest BCUT2D eigenvalue weighted by Gasteiger charge is -2.17. The SMILES string of the molecule is Cc1ccc(/C(Cl)=C/C=[N+](C)C)cc1.[O-][Cl+3]([O-])([O-])[O-]. The van der Waals surface area contributed by atoms with Crippen LogP contribution in [0.2, 0.25) is 0 Å². The zero-order valence-electron chi connectivity index (χ0n) is 10.8. The molecule has 0 aromatic heterocycles. The van der Waals surface area contributed by atoms with Gasteiger partial charge in [0, 0.05) is 6.08 Å². The number of benzene rings is 1. The molecular formula is C12H15Cl2NO4. The zero-order chi connectivity index (χ0) is 15.1. The Hall–Kier alpha value is -0.950. The van der Waals surface area contributed by atoms with Crippen LogP contribution in [0.1, 0.15) is 11.1 Å². The van der Waals surface area contributed by atoms with Gasteiger partial charge in [-0.05, 0) is 12.5 Å². The van der Waals surface area contributed by atoms with Crippen molar-refractivity contribution in [2.45, 2.75) is 6.92 Å². The molecule has 1 rings (SSSR count). The van der Waals surface area contributed by atoms with Crippen LogP contribution in [0.5, 0.6) is 0 Å². The van der Waals surface area contributed by atoms with Crippen molar-refractivity contribution in [3.63, 3.8) is 0 Å². The molecule has 0 saturated heterocycles. The minimum absolute atomic E-state index is 0.763. The Kier molecular flexibility index (Phi) is 7.85. The van der Waals surface area contributed by atoms with Gasteiger partial charge in [0.2, 0.25) is 0 Å². The van der Waals surface area contributed by atoms with E-state index in [0.717, 1.165) is 10.6 Å². The molecule has 0 fully saturated rings. The third-order valence-corrected chi connectivity index (χ3v) is 2.19. The molecule has 0 unspecified atom stereocenters. The van der Waals surface area contributed by atoms with Gasteiger partial charge in [-0.1, -0.05) is 41.4 Å². The quantitative estimate of drug-likeness (QED) is 0.474. The van der Waals surface area contributed by atoms with Crippen molar-refractivity contribution in [2.24, 2.45) is 0 Å². The van der Waals surface area contributed by atoms with Gasteiger partial charge >= 0.3 is 0 Å². The van der Waals surface area contributed by atoms with Gasteiger partial charge in [0.1, 0.15) is 14.1 Å². The molecule has 0 amide bonds. The predicted octanol–water partition coefficient (Wildman–Crippen LogP) is -1.84. The molecule has 0 N–H and O–H groups in total. The first-order valence-electron chi connectivity index (χ1n) is 5.15. The molecule has 0 radical (unpaired) electrons. The lowest BCUT2D eigenvalue weighted by atomic mass is 10.1. The van der Waals surface area contributed by atoms with Crippen molar-refractivity contribution >= 4 is 22.8 Å². The Bertz CT molecular complexity index is 440. The maximum absolute atomic E-state index is 8.49. The van der Waals surface area contributed by atoms with Crippen LogP contribution >= 0.6 is 11.6 Å². The topological polar surface area (TPSA) is 95.2 Å². The van der Waals surface area contributed by atoms with Crippen molar-refractivity contribution in [3.8, 4) is 0 Å². The van der Waals surface area contributed by atoms with Crippen molar-refractivity contribution in [1.29, 1.82) is 0 Å². The summed E-state index contributed by atoms with van der Waals surface area (Å²) in [4.78, 5) is 0. The highest BCUT2D eigenvalue weighted by atomic mass is 35.7. The fraction of sp³-hybridized carbons (Fsp3) is 0.250. The van der Waals surface area contributed by atoms with Gasteiger partial charge in [-0.25, -0.2) is 23.2 Å². The molecule has 0 bridgehead atoms. The average molecular weight is 308 g/mol. The minimum atomic E-state index is -4.94. The van der Waals surface area contributed by atoms with Gasteiger partial charge in [0.15, 0.2) is 6.21 Å². The lowest BCUT2D eigenvalue weighted by Crippen LogP contribution is -2.68. The molecule has 0 aliphatic rings. The van der Waals surface area contributed by atoms with Gasteiger partial charge in [-0.15, -0.1) is 10.2 Å². The molecule has 106 valence electrons. The van der Waals surface area contributed by atoms with Gasteiger partial charge in [0.05, 0.1) is 5.03 Å². The highest BCUT2D eigenvalue weighted by Gasteiger charge is 1.96. The van der Waals surface area contributed by atoms with E-state index in [2.05, 4.69) is 19.1 Å². The monoisotopic (exact) mass is 307 g/mol. The van der Waals surface area contributed by atoms with Crippen LogP contribution < -0.4 is 18.6 Å². The first kappa shape index (κ1) is 18.0. The number of allylic oxidation sites excluding steroid dienone is 1. The molecule has 0 spiro atoms. The third-order valence-electron chi connectivity index (χ3n) is 1.85. The highest BCUT2D eigenvalue weighted by Crippen LogP contribution is 2.18. The normalized spacial score (nSPS) is 11.5. The molecular weight excluding hydrogens is 293 g/mol. The zero-order valence-corrected chi connectivity index (χ0v) is 12.3. The van der Waals surface area contributed by atoms with Crippen LogP contribution in [0.3, 0.4) is 0 Å². The number of hydrogen-bond acceptors (Lipinski definition) is 4. The summed E-state index contributed by atoms with van der Waals surface area (Å²) in [5.74, 6) is 0. The Balaban J connectivity index is 0.000000555. The summed E-state index contributed by atoms with van der Waals surface area (Å²) in [5, 5.41) is 0.763. The fourth-order valence-electron chi connectivity index (χ4n) is 1.02. The second kappa shape index (κ2) is 8.27. The summed E-state index contributed by atoms with van der Waals surface area (Å²) in [6.45, 7) is 2.06. The van der Waals surface area contributed by atoms with E-state index >= 15 is 0 Å². The van der Waals surface area contributed by atoms with Gasteiger partial charge in [0.25, 0.3) is 0 Å². The third kappa shape index (κ3) is 11.9. The maximum atomic E-state index is 8.49. The Morgan fingerprint density at radius 1 is 1.11 bits per heavy atom. The number of halogens is 2. The van der Waals surface area contributed by atoms with Crippen molar-refractivity contribution in [2.75, 3.05) is 14.1 Å². The van der Waals surface area contributed by atoms with Crippen molar-refractivity contribution in [1.82, 2.24) is 0 Å². The van der Waals surface area contributed by atoms with Crippen LogP contribution in [-0.2, 0) is 0 Å². The van der Waals surface area contributed by atoms with Crippen LogP contribution in [-0.4, -0.2) is 24.9 Å². The second-order valence-corrected chi connectivity index (χ2v) is 5.03. The smallest absolute Gasteiger partial charge is 0.164 e. The summed E-state index contributed by atoms with van der Waals surface area (Å²) in [6, 6.07) is 8.16. The maximum Gasteiger partial charge on any atom is 0.164 e. The van der Waals surface area contributed by atoms with Crippen LogP contribution in [0.15, 0.2) is 30.3 Å². The van der Waals surface area contributed by atoms with E-state index in [-0.39, 0.29) is 0 Å². The Morgan fingerprint density at radius 3 is 1.89 bits per heavy atom. The summed E-state index contributed by atoms with van der Waals surface area (Å²) in [7, 11) is -1.01. The molecule has 0 atom stereocenters. The number of rotatable bonds is 2. The summed E-state index contributed by atoms with van der Waals surface area (Å²) < 4.78 is 35.9. The van der Waals surface area contributed by atoms with Crippen molar-refractivity contribution in [3.05, 3.63) is 41.5 Å². The second-order valence-electron chi connectivity index (χ2n) is 3.87. The molecule has 0 aliphatic carbocycles. The van der Waals surface area contributed by atoms with Gasteiger partial charge in [-0.2, -0.15) is 0 Å². The van der Waals surface area contributed by atoms with E-state index in [0.29, 0.717) is 0 Å². The molecule has 0 heterocycles. The van der Waals surface area contributed by atoms with Crippen molar-refractivity contribution < 1.29 is 33.5 Å². The number of hydrogen-bond donors (Lipinski definition) is 0. The Morgan fingerprint density at radius 2 is 1.53 bits per heavy atom. The predicted molar refractivity (Wildman–Crippen MR) is 63.2 cm³/mol. The van der Waals surface area contributed by atoms with E-state index in [1.165, 1.54) is 5.56 Å². The van der Waals surface area contributed by atoms with Crippen LogP contribution in [0.25, 0.3) is 5.03 Å². The van der Waals surface area contributed by atoms with Gasteiger partial charge in [-0.3, -0.25) is 0 Å². The fourth-order valence-corrected chi connectivity index (χ4v) is 1.21. The van der Waals surface area contributed by atoms with E-state index in [4.69, 9.17) is 30.2 Å². The number of aryl methyl sites for hydroxylation is 1. The van der Waals surface area contributed by atoms with Gasteiger partial charge < -0.3 is 0 Å². The molecule has 19 heavy (non-hydrogen) atoms. The Labute approximate surface area is 119 Å². The number of nitrogens with zero attached hydrogens (tertiary/aromatic N) is 1. The summed E-state index contributed by atoms with van der Waals surface area (Å²) >= 11 is 6.11. The standard InChI is InChI=1S/C12H15ClN.ClHO4/c1-10-4-6-11(7-5-10)12(13)8-9-14(2)3;2-1(3,4)5/h4-9H,1-3H3;(H,2,3,4,5)/q+1;/p-1/b12-8-;. The van der Waals surface area contributed by atoms with E-state index in [1.807, 2.05) is 43.1 Å². The van der Waals surface area contributed by atoms with Crippen LogP contribution in [0.4, 0.5) is 0 Å². The first-order valence-corrected chi connectivity index (χ1v) is 6.76. The first-order chi connectivity index (χ1) is 8.59. The highest BCUT2D eigenvalue weighted by molar-refractivity contribution is 6.49. The average Bonchev–Trinajstić information content (AvgIpc) is 2.24. The van der Waals surface area contributed by atoms with Crippen LogP contribution in [0, 0.1) is 17.2 Å². The van der Waals surface area contributed by atoms with E-state index < -0.39 is 10.2 Å². The van der Waals surface area contributed by atoms with E-state index in [9.17, 15) is 0 Å². The minimum Gasteiger partial charge on any atom is -0.241 e. The molecule has 1 aromatic carbocycles. The largest absolute Gasteiger partial charge is 0.241 e.